The van der Waals surface area contributed by atoms with Crippen LogP contribution >= 0.6 is 0 Å². The van der Waals surface area contributed by atoms with Gasteiger partial charge in [0.1, 0.15) is 0 Å². The predicted molar refractivity (Wildman–Crippen MR) is 85.5 cm³/mol. The molecule has 0 aliphatic carbocycles. The van der Waals surface area contributed by atoms with Crippen molar-refractivity contribution in [2.24, 2.45) is 0 Å². The third-order valence-electron chi connectivity index (χ3n) is 4.15. The van der Waals surface area contributed by atoms with Gasteiger partial charge >= 0.3 is 5.76 Å². The van der Waals surface area contributed by atoms with Crippen LogP contribution in [-0.2, 0) is 0 Å². The van der Waals surface area contributed by atoms with Crippen LogP contribution in [0, 0.1) is 0 Å². The Morgan fingerprint density at radius 3 is 3.17 bits per heavy atom. The lowest BCUT2D eigenvalue weighted by molar-refractivity contribution is 0.0900. The molecule has 7 nitrogen and oxygen atoms in total. The number of nitrogens with zero attached hydrogens (tertiary/aromatic N) is 1. The molecule has 0 saturated carbocycles. The second kappa shape index (κ2) is 6.97. The quantitative estimate of drug-likeness (QED) is 0.753. The number of aromatic amines is 1. The van der Waals surface area contributed by atoms with Gasteiger partial charge in [0.15, 0.2) is 5.58 Å². The molecule has 0 radical (unpaired) electrons. The predicted octanol–water partition coefficient (Wildman–Crippen LogP) is 0.698. The van der Waals surface area contributed by atoms with Crippen LogP contribution in [0.3, 0.4) is 0 Å². The fourth-order valence-corrected chi connectivity index (χ4v) is 3.03. The highest BCUT2D eigenvalue weighted by molar-refractivity contribution is 5.97. The van der Waals surface area contributed by atoms with Crippen LogP contribution in [-0.4, -0.2) is 53.2 Å². The van der Waals surface area contributed by atoms with Crippen molar-refractivity contribution in [1.29, 1.82) is 0 Å². The van der Waals surface area contributed by atoms with Crippen LogP contribution in [0.4, 0.5) is 0 Å². The lowest BCUT2D eigenvalue weighted by atomic mass is 10.0. The van der Waals surface area contributed by atoms with Gasteiger partial charge in [0.25, 0.3) is 5.91 Å². The van der Waals surface area contributed by atoms with Crippen molar-refractivity contribution in [2.75, 3.05) is 26.2 Å². The lowest BCUT2D eigenvalue weighted by Crippen LogP contribution is -2.48. The molecule has 1 aliphatic heterocycles. The molecule has 3 N–H and O–H groups in total. The Labute approximate surface area is 133 Å². The molecule has 124 valence electrons. The number of carbonyl (C=O) groups is 1. The molecule has 1 atom stereocenters. The van der Waals surface area contributed by atoms with E-state index in [1.807, 2.05) is 0 Å². The number of H-pyrrole nitrogens is 1. The number of aromatic nitrogens is 1. The van der Waals surface area contributed by atoms with Gasteiger partial charge in [0.05, 0.1) is 5.52 Å². The van der Waals surface area contributed by atoms with E-state index in [-0.39, 0.29) is 18.6 Å². The maximum Gasteiger partial charge on any atom is 0.417 e. The minimum atomic E-state index is -0.524. The molecule has 1 aromatic heterocycles. The van der Waals surface area contributed by atoms with Crippen molar-refractivity contribution in [3.05, 3.63) is 34.3 Å². The van der Waals surface area contributed by atoms with E-state index < -0.39 is 5.76 Å². The number of aliphatic hydroxyl groups is 1. The second-order valence-corrected chi connectivity index (χ2v) is 5.92. The maximum absolute atomic E-state index is 12.4. The number of amides is 1. The smallest absolute Gasteiger partial charge is 0.408 e. The van der Waals surface area contributed by atoms with Crippen LogP contribution in [0.1, 0.15) is 29.6 Å². The zero-order chi connectivity index (χ0) is 16.2. The largest absolute Gasteiger partial charge is 0.417 e. The van der Waals surface area contributed by atoms with Crippen molar-refractivity contribution in [3.63, 3.8) is 0 Å². The zero-order valence-corrected chi connectivity index (χ0v) is 12.9. The molecule has 1 unspecified atom stereocenters. The summed E-state index contributed by atoms with van der Waals surface area (Å²) in [6.07, 6.45) is 2.74. The molecule has 2 aromatic rings. The van der Waals surface area contributed by atoms with Crippen molar-refractivity contribution in [1.82, 2.24) is 15.2 Å². The molecule has 7 heteroatoms. The van der Waals surface area contributed by atoms with E-state index in [1.165, 1.54) is 0 Å². The Morgan fingerprint density at radius 2 is 2.35 bits per heavy atom. The number of fused-ring (bicyclic) bond motifs is 1. The monoisotopic (exact) mass is 319 g/mol. The summed E-state index contributed by atoms with van der Waals surface area (Å²) >= 11 is 0. The summed E-state index contributed by atoms with van der Waals surface area (Å²) in [7, 11) is 0. The summed E-state index contributed by atoms with van der Waals surface area (Å²) in [5.41, 5.74) is 1.47. The molecular weight excluding hydrogens is 298 g/mol. The first-order valence-electron chi connectivity index (χ1n) is 7.92. The number of rotatable bonds is 5. The Balaban J connectivity index is 1.64. The van der Waals surface area contributed by atoms with Crippen LogP contribution in [0.2, 0.25) is 0 Å². The number of aliphatic hydroxyl groups excluding tert-OH is 1. The molecule has 1 aromatic carbocycles. The second-order valence-electron chi connectivity index (χ2n) is 5.92. The van der Waals surface area contributed by atoms with E-state index >= 15 is 0 Å². The minimum Gasteiger partial charge on any atom is -0.408 e. The number of oxazole rings is 1. The van der Waals surface area contributed by atoms with Gasteiger partial charge in [0, 0.05) is 31.3 Å². The molecule has 1 fully saturated rings. The van der Waals surface area contributed by atoms with Gasteiger partial charge in [-0.3, -0.25) is 9.78 Å². The van der Waals surface area contributed by atoms with Crippen LogP contribution in [0.25, 0.3) is 11.1 Å². The average Bonchev–Trinajstić information content (AvgIpc) is 2.92. The van der Waals surface area contributed by atoms with Crippen molar-refractivity contribution in [2.45, 2.75) is 25.3 Å². The number of benzene rings is 1. The van der Waals surface area contributed by atoms with E-state index in [2.05, 4.69) is 15.2 Å². The SMILES string of the molecule is O=C(NC1CCCN(CCCO)C1)c1ccc2oc(=O)[nH]c2c1. The first kappa shape index (κ1) is 15.8. The van der Waals surface area contributed by atoms with Gasteiger partial charge in [-0.2, -0.15) is 0 Å². The van der Waals surface area contributed by atoms with Gasteiger partial charge in [-0.1, -0.05) is 0 Å². The minimum absolute atomic E-state index is 0.106. The summed E-state index contributed by atoms with van der Waals surface area (Å²) in [5, 5.41) is 12.0. The fraction of sp³-hybridized carbons (Fsp3) is 0.500. The molecular formula is C16H21N3O4. The fourth-order valence-electron chi connectivity index (χ4n) is 3.03. The van der Waals surface area contributed by atoms with Crippen LogP contribution in [0.15, 0.2) is 27.4 Å². The summed E-state index contributed by atoms with van der Waals surface area (Å²) in [6, 6.07) is 5.01. The first-order chi connectivity index (χ1) is 11.2. The van der Waals surface area contributed by atoms with Gasteiger partial charge in [0.2, 0.25) is 0 Å². The Bertz CT molecular complexity index is 736. The Hall–Kier alpha value is -2.12. The molecule has 1 saturated heterocycles. The molecule has 0 bridgehead atoms. The van der Waals surface area contributed by atoms with Gasteiger partial charge in [-0.15, -0.1) is 0 Å². The summed E-state index contributed by atoms with van der Waals surface area (Å²) in [5.74, 6) is -0.674. The third kappa shape index (κ3) is 3.80. The van der Waals surface area contributed by atoms with E-state index in [9.17, 15) is 9.59 Å². The van der Waals surface area contributed by atoms with Gasteiger partial charge in [-0.25, -0.2) is 4.79 Å². The van der Waals surface area contributed by atoms with Crippen molar-refractivity contribution < 1.29 is 14.3 Å². The number of nitrogens with one attached hydrogen (secondary N) is 2. The zero-order valence-electron chi connectivity index (χ0n) is 12.9. The molecule has 0 spiro atoms. The number of hydrogen-bond acceptors (Lipinski definition) is 5. The van der Waals surface area contributed by atoms with E-state index in [1.54, 1.807) is 18.2 Å². The normalized spacial score (nSPS) is 19.1. The van der Waals surface area contributed by atoms with Gasteiger partial charge < -0.3 is 19.7 Å². The standard InChI is InChI=1S/C16H21N3O4/c20-8-2-7-19-6-1-3-12(10-19)17-15(21)11-4-5-14-13(9-11)18-16(22)23-14/h4-5,9,12,20H,1-3,6-8,10H2,(H,17,21)(H,18,22). The molecule has 1 amide bonds. The number of piperidine rings is 1. The van der Waals surface area contributed by atoms with E-state index in [0.29, 0.717) is 16.7 Å². The number of likely N-dealkylation sites (tertiary alicyclic amines) is 1. The number of carbonyl (C=O) groups excluding carboxylic acids is 1. The van der Waals surface area contributed by atoms with Crippen LogP contribution < -0.4 is 11.1 Å². The summed E-state index contributed by atoms with van der Waals surface area (Å²) in [4.78, 5) is 28.4. The Kier molecular flexibility index (Phi) is 4.78. The average molecular weight is 319 g/mol. The van der Waals surface area contributed by atoms with E-state index in [4.69, 9.17) is 9.52 Å². The maximum atomic E-state index is 12.4. The molecule has 2 heterocycles. The molecule has 3 rings (SSSR count). The van der Waals surface area contributed by atoms with Crippen molar-refractivity contribution in [3.8, 4) is 0 Å². The first-order valence-corrected chi connectivity index (χ1v) is 7.92. The lowest BCUT2D eigenvalue weighted by Gasteiger charge is -2.33. The highest BCUT2D eigenvalue weighted by Crippen LogP contribution is 2.14. The number of hydrogen-bond donors (Lipinski definition) is 3. The highest BCUT2D eigenvalue weighted by atomic mass is 16.4. The van der Waals surface area contributed by atoms with Gasteiger partial charge in [-0.05, 0) is 44.0 Å². The van der Waals surface area contributed by atoms with Crippen molar-refractivity contribution >= 4 is 17.0 Å². The van der Waals surface area contributed by atoms with Crippen LogP contribution in [0.5, 0.6) is 0 Å². The Morgan fingerprint density at radius 1 is 1.48 bits per heavy atom. The molecule has 1 aliphatic rings. The summed E-state index contributed by atoms with van der Waals surface area (Å²) < 4.78 is 4.93. The van der Waals surface area contributed by atoms with E-state index in [0.717, 1.165) is 38.9 Å². The summed E-state index contributed by atoms with van der Waals surface area (Å²) in [6.45, 7) is 2.85. The third-order valence-corrected chi connectivity index (χ3v) is 4.15. The molecule has 23 heavy (non-hydrogen) atoms. The highest BCUT2D eigenvalue weighted by Gasteiger charge is 2.21. The topological polar surface area (TPSA) is 98.6 Å².